The van der Waals surface area contributed by atoms with Crippen LogP contribution in [0.25, 0.3) is 0 Å². The average molecular weight is 343 g/mol. The van der Waals surface area contributed by atoms with Crippen LogP contribution < -0.4 is 10.6 Å². The number of imide groups is 1. The topological polar surface area (TPSA) is 78.5 Å². The van der Waals surface area contributed by atoms with E-state index < -0.39 is 0 Å². The van der Waals surface area contributed by atoms with E-state index in [2.05, 4.69) is 17.6 Å². The minimum Gasteiger partial charge on any atom is -0.348 e. The zero-order chi connectivity index (χ0) is 18.0. The van der Waals surface area contributed by atoms with Crippen LogP contribution in [-0.2, 0) is 0 Å². The fraction of sp³-hybridized carbons (Fsp3) is 0.526. The van der Waals surface area contributed by atoms with Gasteiger partial charge >= 0.3 is 0 Å². The van der Waals surface area contributed by atoms with E-state index in [9.17, 15) is 14.4 Å². The van der Waals surface area contributed by atoms with Crippen molar-refractivity contribution in [2.75, 3.05) is 19.6 Å². The van der Waals surface area contributed by atoms with Gasteiger partial charge < -0.3 is 10.6 Å². The van der Waals surface area contributed by atoms with Crippen LogP contribution in [0.3, 0.4) is 0 Å². The predicted molar refractivity (Wildman–Crippen MR) is 94.6 cm³/mol. The summed E-state index contributed by atoms with van der Waals surface area (Å²) in [4.78, 5) is 38.7. The lowest BCUT2D eigenvalue weighted by atomic mass is 9.94. The number of carbonyl (C=O) groups excluding carboxylic acids is 3. The molecule has 6 nitrogen and oxygen atoms in total. The fourth-order valence-corrected chi connectivity index (χ4v) is 3.39. The van der Waals surface area contributed by atoms with Crippen LogP contribution in [0.2, 0.25) is 0 Å². The Morgan fingerprint density at radius 3 is 2.76 bits per heavy atom. The van der Waals surface area contributed by atoms with Crippen molar-refractivity contribution in [2.24, 2.45) is 5.92 Å². The molecular formula is C19H25N3O3. The highest BCUT2D eigenvalue weighted by molar-refractivity contribution is 6.22. The Kier molecular flexibility index (Phi) is 5.18. The average Bonchev–Trinajstić information content (AvgIpc) is 2.85. The number of hydrogen-bond acceptors (Lipinski definition) is 4. The van der Waals surface area contributed by atoms with Crippen molar-refractivity contribution >= 4 is 17.7 Å². The summed E-state index contributed by atoms with van der Waals surface area (Å²) in [5.41, 5.74) is 1.16. The van der Waals surface area contributed by atoms with Crippen LogP contribution in [0, 0.1) is 5.92 Å². The number of rotatable bonds is 5. The number of hydrogen-bond donors (Lipinski definition) is 2. The normalized spacial score (nSPS) is 22.9. The van der Waals surface area contributed by atoms with E-state index >= 15 is 0 Å². The van der Waals surface area contributed by atoms with E-state index in [1.165, 1.54) is 4.90 Å². The lowest BCUT2D eigenvalue weighted by molar-refractivity contribution is 0.0652. The predicted octanol–water partition coefficient (Wildman–Crippen LogP) is 1.81. The molecule has 25 heavy (non-hydrogen) atoms. The van der Waals surface area contributed by atoms with Crippen LogP contribution in [0.4, 0.5) is 0 Å². The highest BCUT2D eigenvalue weighted by atomic mass is 16.2. The molecule has 1 aromatic carbocycles. The zero-order valence-corrected chi connectivity index (χ0v) is 14.8. The molecule has 3 amide bonds. The van der Waals surface area contributed by atoms with Crippen molar-refractivity contribution in [2.45, 2.75) is 39.2 Å². The number of nitrogens with zero attached hydrogens (tertiary/aromatic N) is 1. The third kappa shape index (κ3) is 3.44. The molecule has 3 rings (SSSR count). The van der Waals surface area contributed by atoms with Gasteiger partial charge in [-0.2, -0.15) is 0 Å². The van der Waals surface area contributed by atoms with Crippen LogP contribution in [-0.4, -0.2) is 48.3 Å². The Hall–Kier alpha value is -2.21. The van der Waals surface area contributed by atoms with Crippen molar-refractivity contribution in [3.63, 3.8) is 0 Å². The summed E-state index contributed by atoms with van der Waals surface area (Å²) in [6, 6.07) is 4.85. The molecule has 1 fully saturated rings. The molecule has 2 aliphatic heterocycles. The van der Waals surface area contributed by atoms with E-state index in [0.29, 0.717) is 29.2 Å². The molecule has 2 atom stereocenters. The van der Waals surface area contributed by atoms with Crippen LogP contribution >= 0.6 is 0 Å². The quantitative estimate of drug-likeness (QED) is 0.799. The summed E-state index contributed by atoms with van der Waals surface area (Å²) >= 11 is 0. The minimum absolute atomic E-state index is 0.0768. The molecule has 0 spiro atoms. The first-order chi connectivity index (χ1) is 12.0. The highest BCUT2D eigenvalue weighted by Crippen LogP contribution is 2.24. The number of benzene rings is 1. The van der Waals surface area contributed by atoms with Gasteiger partial charge in [-0.3, -0.25) is 19.3 Å². The summed E-state index contributed by atoms with van der Waals surface area (Å²) in [7, 11) is 0. The molecule has 2 N–H and O–H groups in total. The van der Waals surface area contributed by atoms with Gasteiger partial charge in [-0.1, -0.05) is 20.3 Å². The molecule has 1 saturated heterocycles. The van der Waals surface area contributed by atoms with E-state index in [4.69, 9.17) is 0 Å². The van der Waals surface area contributed by atoms with E-state index in [-0.39, 0.29) is 23.8 Å². The molecule has 0 bridgehead atoms. The number of piperidine rings is 1. The molecule has 0 saturated carbocycles. The molecule has 1 aromatic rings. The first-order valence-corrected chi connectivity index (χ1v) is 9.04. The Labute approximate surface area is 148 Å². The van der Waals surface area contributed by atoms with Crippen LogP contribution in [0.1, 0.15) is 64.2 Å². The van der Waals surface area contributed by atoms with Gasteiger partial charge in [-0.15, -0.1) is 0 Å². The Morgan fingerprint density at radius 2 is 2.04 bits per heavy atom. The summed E-state index contributed by atoms with van der Waals surface area (Å²) in [6.07, 6.45) is 2.72. The summed E-state index contributed by atoms with van der Waals surface area (Å²) in [5, 5.41) is 6.32. The van der Waals surface area contributed by atoms with Gasteiger partial charge in [0.1, 0.15) is 0 Å². The summed E-state index contributed by atoms with van der Waals surface area (Å²) in [6.45, 7) is 6.29. The maximum absolute atomic E-state index is 12.6. The molecule has 2 heterocycles. The highest BCUT2D eigenvalue weighted by Gasteiger charge is 2.35. The van der Waals surface area contributed by atoms with Gasteiger partial charge in [0.05, 0.1) is 11.1 Å². The molecular weight excluding hydrogens is 318 g/mol. The molecule has 6 heteroatoms. The lowest BCUT2D eigenvalue weighted by Gasteiger charge is -2.30. The molecule has 0 radical (unpaired) electrons. The second-order valence-corrected chi connectivity index (χ2v) is 6.93. The smallest absolute Gasteiger partial charge is 0.261 e. The minimum atomic E-state index is -0.296. The first kappa shape index (κ1) is 17.6. The van der Waals surface area contributed by atoms with Gasteiger partial charge in [0, 0.05) is 24.7 Å². The van der Waals surface area contributed by atoms with Gasteiger partial charge in [0.2, 0.25) is 0 Å². The third-order valence-corrected chi connectivity index (χ3v) is 5.11. The van der Waals surface area contributed by atoms with Crippen molar-refractivity contribution < 1.29 is 14.4 Å². The Morgan fingerprint density at radius 1 is 1.28 bits per heavy atom. The molecule has 2 unspecified atom stereocenters. The van der Waals surface area contributed by atoms with Crippen LogP contribution in [0.5, 0.6) is 0 Å². The molecule has 2 aliphatic rings. The number of carbonyl (C=O) groups is 3. The SMILES string of the molecule is CCCCN1C(=O)c2ccc(C(=O)NC3CNCCC3C)cc2C1=O. The number of unbranched alkanes of at least 4 members (excludes halogenated alkanes) is 1. The maximum atomic E-state index is 12.6. The first-order valence-electron chi connectivity index (χ1n) is 9.04. The maximum Gasteiger partial charge on any atom is 0.261 e. The van der Waals surface area contributed by atoms with Crippen molar-refractivity contribution in [3.8, 4) is 0 Å². The van der Waals surface area contributed by atoms with E-state index in [1.54, 1.807) is 18.2 Å². The molecule has 134 valence electrons. The fourth-order valence-electron chi connectivity index (χ4n) is 3.39. The Balaban J connectivity index is 1.76. The number of fused-ring (bicyclic) bond motifs is 1. The van der Waals surface area contributed by atoms with Crippen molar-refractivity contribution in [3.05, 3.63) is 34.9 Å². The Bertz CT molecular complexity index is 701. The van der Waals surface area contributed by atoms with Gasteiger partial charge in [-0.05, 0) is 43.5 Å². The van der Waals surface area contributed by atoms with Gasteiger partial charge in [0.15, 0.2) is 0 Å². The van der Waals surface area contributed by atoms with Crippen molar-refractivity contribution in [1.82, 2.24) is 15.5 Å². The molecule has 0 aromatic heterocycles. The monoisotopic (exact) mass is 343 g/mol. The number of nitrogens with one attached hydrogen (secondary N) is 2. The second kappa shape index (κ2) is 7.35. The lowest BCUT2D eigenvalue weighted by Crippen LogP contribution is -2.50. The van der Waals surface area contributed by atoms with E-state index in [0.717, 1.165) is 32.4 Å². The zero-order valence-electron chi connectivity index (χ0n) is 14.8. The largest absolute Gasteiger partial charge is 0.348 e. The summed E-state index contributed by atoms with van der Waals surface area (Å²) < 4.78 is 0. The standard InChI is InChI=1S/C19H25N3O3/c1-3-4-9-22-18(24)14-6-5-13(10-15(14)19(22)25)17(23)21-16-11-20-8-7-12(16)2/h5-6,10,12,16,20H,3-4,7-9,11H2,1-2H3,(H,21,23). The van der Waals surface area contributed by atoms with Gasteiger partial charge in [-0.25, -0.2) is 0 Å². The van der Waals surface area contributed by atoms with Gasteiger partial charge in [0.25, 0.3) is 17.7 Å². The third-order valence-electron chi connectivity index (χ3n) is 5.11. The number of amides is 3. The second-order valence-electron chi connectivity index (χ2n) is 6.93. The van der Waals surface area contributed by atoms with E-state index in [1.807, 2.05) is 6.92 Å². The van der Waals surface area contributed by atoms with Crippen molar-refractivity contribution in [1.29, 1.82) is 0 Å². The van der Waals surface area contributed by atoms with Crippen LogP contribution in [0.15, 0.2) is 18.2 Å². The summed E-state index contributed by atoms with van der Waals surface area (Å²) in [5.74, 6) is -0.343. The molecule has 0 aliphatic carbocycles.